The number of aromatic nitrogens is 1. The maximum Gasteiger partial charge on any atom is 0.416 e. The fraction of sp³-hybridized carbons (Fsp3) is 0.407. The van der Waals surface area contributed by atoms with E-state index in [1.54, 1.807) is 18.2 Å². The minimum absolute atomic E-state index is 0.00822. The molecular weight excluding hydrogens is 503 g/mol. The Morgan fingerprint density at radius 1 is 1.13 bits per heavy atom. The van der Waals surface area contributed by atoms with E-state index >= 15 is 0 Å². The number of nitrogens with one attached hydrogen (secondary N) is 1. The van der Waals surface area contributed by atoms with E-state index < -0.39 is 11.7 Å². The molecule has 1 amide bonds. The number of nitrogens with zero attached hydrogens (tertiary/aromatic N) is 2. The van der Waals surface area contributed by atoms with Gasteiger partial charge in [-0.1, -0.05) is 30.3 Å². The van der Waals surface area contributed by atoms with Gasteiger partial charge in [0, 0.05) is 31.8 Å². The summed E-state index contributed by atoms with van der Waals surface area (Å²) >= 11 is 0. The van der Waals surface area contributed by atoms with Crippen molar-refractivity contribution in [1.82, 2.24) is 15.2 Å². The number of hydrogen-bond donors (Lipinski definition) is 1. The van der Waals surface area contributed by atoms with Crippen LogP contribution < -0.4 is 14.8 Å². The molecule has 1 fully saturated rings. The molecule has 2 heterocycles. The zero-order valence-electron chi connectivity index (χ0n) is 21.2. The number of hydrogen-bond acceptors (Lipinski definition) is 7. The zero-order chi connectivity index (χ0) is 27.1. The van der Waals surface area contributed by atoms with Crippen LogP contribution in [0.25, 0.3) is 0 Å². The molecule has 204 valence electrons. The number of rotatable bonds is 11. The van der Waals surface area contributed by atoms with Crippen LogP contribution in [0.2, 0.25) is 0 Å². The Morgan fingerprint density at radius 2 is 1.95 bits per heavy atom. The third-order valence-corrected chi connectivity index (χ3v) is 6.20. The Bertz CT molecular complexity index is 1220. The molecule has 8 nitrogen and oxygen atoms in total. The number of alkyl halides is 3. The second kappa shape index (κ2) is 12.3. The summed E-state index contributed by atoms with van der Waals surface area (Å²) in [6, 6.07) is 10.6. The van der Waals surface area contributed by atoms with Crippen molar-refractivity contribution in [3.8, 4) is 11.5 Å². The molecule has 38 heavy (non-hydrogen) atoms. The molecule has 0 aliphatic carbocycles. The molecule has 2 aromatic carbocycles. The van der Waals surface area contributed by atoms with Gasteiger partial charge in [-0.05, 0) is 30.5 Å². The van der Waals surface area contributed by atoms with Gasteiger partial charge in [-0.25, -0.2) is 4.98 Å². The van der Waals surface area contributed by atoms with E-state index in [1.165, 1.54) is 26.5 Å². The Hall–Kier alpha value is -3.57. The lowest BCUT2D eigenvalue weighted by molar-refractivity contribution is -0.137. The van der Waals surface area contributed by atoms with Gasteiger partial charge in [0.25, 0.3) is 5.91 Å². The van der Waals surface area contributed by atoms with Crippen molar-refractivity contribution in [1.29, 1.82) is 0 Å². The van der Waals surface area contributed by atoms with Crippen molar-refractivity contribution in [2.45, 2.75) is 44.8 Å². The summed E-state index contributed by atoms with van der Waals surface area (Å²) in [5.41, 5.74) is 0.619. The molecule has 0 unspecified atom stereocenters. The summed E-state index contributed by atoms with van der Waals surface area (Å²) in [4.78, 5) is 18.7. The Kier molecular flexibility index (Phi) is 8.90. The van der Waals surface area contributed by atoms with E-state index in [9.17, 15) is 18.0 Å². The molecule has 0 bridgehead atoms. The molecule has 1 aliphatic rings. The Morgan fingerprint density at radius 3 is 2.66 bits per heavy atom. The fourth-order valence-corrected chi connectivity index (χ4v) is 4.37. The van der Waals surface area contributed by atoms with Gasteiger partial charge in [0.2, 0.25) is 5.89 Å². The van der Waals surface area contributed by atoms with Crippen molar-refractivity contribution in [3.05, 3.63) is 77.0 Å². The molecule has 11 heteroatoms. The number of carbonyl (C=O) groups excluding carboxylic acids is 1. The van der Waals surface area contributed by atoms with E-state index in [0.29, 0.717) is 36.8 Å². The van der Waals surface area contributed by atoms with E-state index in [2.05, 4.69) is 10.3 Å². The average Bonchev–Trinajstić information content (AvgIpc) is 3.59. The first-order valence-electron chi connectivity index (χ1n) is 12.2. The number of halogens is 3. The van der Waals surface area contributed by atoms with Crippen LogP contribution >= 0.6 is 0 Å². The predicted octanol–water partition coefficient (Wildman–Crippen LogP) is 4.82. The van der Waals surface area contributed by atoms with Gasteiger partial charge in [-0.2, -0.15) is 13.2 Å². The van der Waals surface area contributed by atoms with Crippen molar-refractivity contribution in [2.24, 2.45) is 0 Å². The van der Waals surface area contributed by atoms with E-state index in [-0.39, 0.29) is 36.7 Å². The van der Waals surface area contributed by atoms with Gasteiger partial charge in [-0.3, -0.25) is 9.69 Å². The summed E-state index contributed by atoms with van der Waals surface area (Å²) in [6.45, 7) is 1.66. The van der Waals surface area contributed by atoms with E-state index in [1.807, 2.05) is 11.0 Å². The molecule has 3 aromatic rings. The lowest BCUT2D eigenvalue weighted by Crippen LogP contribution is -2.32. The normalized spacial score (nSPS) is 15.6. The molecule has 0 spiro atoms. The number of methoxy groups -OCH3 is 2. The van der Waals surface area contributed by atoms with Gasteiger partial charge in [0.15, 0.2) is 17.2 Å². The quantitative estimate of drug-likeness (QED) is 0.378. The standard InChI is InChI=1S/C27H30F3N3O5/c1-35-23-10-4-7-19(25(23)36-2)15-33(14-18-6-3-8-20(12-18)27(28,29)30)16-24-32-22(17-38-24)26(34)31-13-21-9-5-11-37-21/h3-4,6-8,10,12,17,21H,5,9,11,13-16H2,1-2H3,(H,31,34)/t21-/m1/s1. The average molecular weight is 534 g/mol. The van der Waals surface area contributed by atoms with Crippen LogP contribution in [-0.2, 0) is 30.5 Å². The smallest absolute Gasteiger partial charge is 0.416 e. The summed E-state index contributed by atoms with van der Waals surface area (Å²) in [6.07, 6.45) is -1.33. The third kappa shape index (κ3) is 7.05. The molecule has 1 saturated heterocycles. The van der Waals surface area contributed by atoms with Gasteiger partial charge >= 0.3 is 6.18 Å². The lowest BCUT2D eigenvalue weighted by atomic mass is 10.1. The summed E-state index contributed by atoms with van der Waals surface area (Å²) in [7, 11) is 3.05. The van der Waals surface area contributed by atoms with Crippen LogP contribution in [0, 0.1) is 0 Å². The number of carbonyl (C=O) groups is 1. The molecule has 0 saturated carbocycles. The van der Waals surface area contributed by atoms with Crippen LogP contribution in [0.5, 0.6) is 11.5 Å². The monoisotopic (exact) mass is 533 g/mol. The van der Waals surface area contributed by atoms with Gasteiger partial charge in [0.1, 0.15) is 6.26 Å². The topological polar surface area (TPSA) is 86.1 Å². The first-order chi connectivity index (χ1) is 18.3. The first-order valence-corrected chi connectivity index (χ1v) is 12.2. The zero-order valence-corrected chi connectivity index (χ0v) is 21.2. The molecular formula is C27H30F3N3O5. The number of para-hydroxylation sites is 1. The van der Waals surface area contributed by atoms with Crippen LogP contribution in [-0.4, -0.2) is 49.3 Å². The van der Waals surface area contributed by atoms with Crippen LogP contribution in [0.4, 0.5) is 13.2 Å². The first kappa shape index (κ1) is 27.5. The highest BCUT2D eigenvalue weighted by Gasteiger charge is 2.30. The van der Waals surface area contributed by atoms with Crippen LogP contribution in [0.1, 0.15) is 45.9 Å². The molecule has 1 N–H and O–H groups in total. The SMILES string of the molecule is COc1cccc(CN(Cc2cccc(C(F)(F)F)c2)Cc2nc(C(=O)NC[C@H]3CCCO3)co2)c1OC. The number of amides is 1. The second-order valence-corrected chi connectivity index (χ2v) is 8.97. The highest BCUT2D eigenvalue weighted by molar-refractivity contribution is 5.91. The Labute approximate surface area is 218 Å². The Balaban J connectivity index is 1.53. The van der Waals surface area contributed by atoms with Crippen molar-refractivity contribution in [3.63, 3.8) is 0 Å². The predicted molar refractivity (Wildman–Crippen MR) is 132 cm³/mol. The maximum atomic E-state index is 13.3. The largest absolute Gasteiger partial charge is 0.493 e. The maximum absolute atomic E-state index is 13.3. The summed E-state index contributed by atoms with van der Waals surface area (Å²) in [5, 5.41) is 2.80. The number of oxazole rings is 1. The molecule has 0 radical (unpaired) electrons. The molecule has 4 rings (SSSR count). The minimum atomic E-state index is -4.45. The molecule has 1 atom stereocenters. The summed E-state index contributed by atoms with van der Waals surface area (Å²) in [5.74, 6) is 0.923. The highest BCUT2D eigenvalue weighted by Crippen LogP contribution is 2.33. The third-order valence-electron chi connectivity index (χ3n) is 6.20. The molecule has 1 aromatic heterocycles. The highest BCUT2D eigenvalue weighted by atomic mass is 19.4. The van der Waals surface area contributed by atoms with Crippen LogP contribution in [0.3, 0.4) is 0 Å². The van der Waals surface area contributed by atoms with Gasteiger partial charge in [-0.15, -0.1) is 0 Å². The van der Waals surface area contributed by atoms with Crippen molar-refractivity contribution < 1.29 is 36.6 Å². The van der Waals surface area contributed by atoms with Crippen LogP contribution in [0.15, 0.2) is 53.1 Å². The number of ether oxygens (including phenoxy) is 3. The summed E-state index contributed by atoms with van der Waals surface area (Å²) < 4.78 is 61.9. The minimum Gasteiger partial charge on any atom is -0.493 e. The van der Waals surface area contributed by atoms with E-state index in [4.69, 9.17) is 18.6 Å². The van der Waals surface area contributed by atoms with Gasteiger partial charge < -0.3 is 23.9 Å². The fourth-order valence-electron chi connectivity index (χ4n) is 4.37. The lowest BCUT2D eigenvalue weighted by Gasteiger charge is -2.23. The van der Waals surface area contributed by atoms with Crippen molar-refractivity contribution >= 4 is 5.91 Å². The molecule has 1 aliphatic heterocycles. The van der Waals surface area contributed by atoms with E-state index in [0.717, 1.165) is 30.5 Å². The second-order valence-electron chi connectivity index (χ2n) is 8.97. The van der Waals surface area contributed by atoms with Crippen molar-refractivity contribution in [2.75, 3.05) is 27.4 Å². The van der Waals surface area contributed by atoms with Gasteiger partial charge in [0.05, 0.1) is 32.4 Å². The number of benzene rings is 2.